The van der Waals surface area contributed by atoms with Gasteiger partial charge in [-0.2, -0.15) is 0 Å². The molecule has 0 amide bonds. The average Bonchev–Trinajstić information content (AvgIpc) is 2.20. The summed E-state index contributed by atoms with van der Waals surface area (Å²) in [5.74, 6) is 0.738. The van der Waals surface area contributed by atoms with Gasteiger partial charge >= 0.3 is 0 Å². The van der Waals surface area contributed by atoms with Gasteiger partial charge in [0.1, 0.15) is 12.4 Å². The predicted molar refractivity (Wildman–Crippen MR) is 64.1 cm³/mol. The Morgan fingerprint density at radius 2 is 2.13 bits per heavy atom. The zero-order chi connectivity index (χ0) is 11.3. The number of hydrogen-bond donors (Lipinski definition) is 1. The molecule has 1 N–H and O–H groups in total. The molecule has 0 bridgehead atoms. The highest BCUT2D eigenvalue weighted by Crippen LogP contribution is 2.28. The normalized spacial score (nSPS) is 10.7. The topological polar surface area (TPSA) is 32.7 Å². The minimum Gasteiger partial charge on any atom is -0.491 e. The van der Waals surface area contributed by atoms with Gasteiger partial charge in [-0.3, -0.25) is 0 Å². The Morgan fingerprint density at radius 1 is 1.40 bits per heavy atom. The van der Waals surface area contributed by atoms with Crippen LogP contribution in [0.25, 0.3) is 0 Å². The van der Waals surface area contributed by atoms with Crippen LogP contribution in [-0.4, -0.2) is 37.3 Å². The first kappa shape index (κ1) is 12.5. The Labute approximate surface area is 98.8 Å². The Bertz CT molecular complexity index is 315. The van der Waals surface area contributed by atoms with Crippen LogP contribution in [0.2, 0.25) is 0 Å². The largest absolute Gasteiger partial charge is 0.491 e. The Kier molecular flexibility index (Phi) is 5.08. The second-order valence-corrected chi connectivity index (χ2v) is 4.39. The Hall–Kier alpha value is -0.580. The number of nitrogens with zero attached hydrogens (tertiary/aromatic N) is 1. The molecule has 1 aromatic rings. The fraction of sp³-hybridized carbons (Fsp3) is 0.455. The lowest BCUT2D eigenvalue weighted by molar-refractivity contribution is 0.242. The Balaban J connectivity index is 2.66. The number of hydrogen-bond acceptors (Lipinski definition) is 3. The van der Waals surface area contributed by atoms with Gasteiger partial charge in [0.05, 0.1) is 11.1 Å². The van der Waals surface area contributed by atoms with Gasteiger partial charge in [-0.1, -0.05) is 12.1 Å². The minimum atomic E-state index is -0.00324. The number of ether oxygens (including phenoxy) is 1. The number of benzene rings is 1. The quantitative estimate of drug-likeness (QED) is 0.890. The van der Waals surface area contributed by atoms with Gasteiger partial charge in [0, 0.05) is 12.1 Å². The first-order valence-corrected chi connectivity index (χ1v) is 5.60. The van der Waals surface area contributed by atoms with Crippen molar-refractivity contribution in [3.8, 4) is 5.75 Å². The third kappa shape index (κ3) is 3.81. The molecule has 0 saturated carbocycles. The lowest BCUT2D eigenvalue weighted by atomic mass is 10.2. The van der Waals surface area contributed by atoms with Crippen LogP contribution in [0.5, 0.6) is 5.75 Å². The maximum Gasteiger partial charge on any atom is 0.139 e. The van der Waals surface area contributed by atoms with E-state index in [1.54, 1.807) is 0 Å². The molecular weight excluding hydrogens is 258 g/mol. The third-order valence-corrected chi connectivity index (χ3v) is 2.63. The van der Waals surface area contributed by atoms with Crippen molar-refractivity contribution in [2.24, 2.45) is 0 Å². The highest BCUT2D eigenvalue weighted by Gasteiger charge is 2.06. The summed E-state index contributed by atoms with van der Waals surface area (Å²) >= 11 is 3.41. The number of aliphatic hydroxyl groups excluding tert-OH is 1. The Morgan fingerprint density at radius 3 is 2.73 bits per heavy atom. The van der Waals surface area contributed by atoms with Crippen LogP contribution in [0.15, 0.2) is 22.7 Å². The zero-order valence-corrected chi connectivity index (χ0v) is 10.6. The first-order valence-electron chi connectivity index (χ1n) is 4.81. The van der Waals surface area contributed by atoms with E-state index in [0.717, 1.165) is 22.3 Å². The van der Waals surface area contributed by atoms with Crippen LogP contribution in [0.3, 0.4) is 0 Å². The molecule has 1 rings (SSSR count). The van der Waals surface area contributed by atoms with Crippen molar-refractivity contribution in [3.63, 3.8) is 0 Å². The summed E-state index contributed by atoms with van der Waals surface area (Å²) in [5.41, 5.74) is 0.808. The summed E-state index contributed by atoms with van der Waals surface area (Å²) in [6, 6.07) is 5.65. The molecule has 1 aromatic carbocycles. The molecule has 0 radical (unpaired) electrons. The second-order valence-electron chi connectivity index (χ2n) is 3.54. The molecule has 0 aliphatic rings. The lowest BCUT2D eigenvalue weighted by Crippen LogP contribution is -2.19. The highest BCUT2D eigenvalue weighted by atomic mass is 79.9. The van der Waals surface area contributed by atoms with Crippen LogP contribution in [-0.2, 0) is 6.61 Å². The number of aliphatic hydroxyl groups is 1. The minimum absolute atomic E-state index is 0.00324. The van der Waals surface area contributed by atoms with Crippen LogP contribution in [0.1, 0.15) is 5.56 Å². The third-order valence-electron chi connectivity index (χ3n) is 2.00. The van der Waals surface area contributed by atoms with E-state index < -0.39 is 0 Å². The summed E-state index contributed by atoms with van der Waals surface area (Å²) in [6.07, 6.45) is 0. The van der Waals surface area contributed by atoms with Gasteiger partial charge in [-0.25, -0.2) is 0 Å². The molecule has 0 heterocycles. The molecule has 84 valence electrons. The fourth-order valence-electron chi connectivity index (χ4n) is 1.17. The van der Waals surface area contributed by atoms with Gasteiger partial charge in [0.2, 0.25) is 0 Å². The molecule has 4 heteroatoms. The van der Waals surface area contributed by atoms with E-state index in [9.17, 15) is 0 Å². The van der Waals surface area contributed by atoms with E-state index in [1.165, 1.54) is 0 Å². The molecular formula is C11H16BrNO2. The van der Waals surface area contributed by atoms with E-state index in [0.29, 0.717) is 6.61 Å². The van der Waals surface area contributed by atoms with E-state index >= 15 is 0 Å². The number of halogens is 1. The molecule has 0 spiro atoms. The molecule has 0 aliphatic carbocycles. The van der Waals surface area contributed by atoms with Gasteiger partial charge in [-0.05, 0) is 36.1 Å². The first-order chi connectivity index (χ1) is 7.15. The monoisotopic (exact) mass is 273 g/mol. The smallest absolute Gasteiger partial charge is 0.139 e. The second kappa shape index (κ2) is 6.10. The van der Waals surface area contributed by atoms with E-state index in [1.807, 2.05) is 32.3 Å². The zero-order valence-electron chi connectivity index (χ0n) is 9.03. The van der Waals surface area contributed by atoms with E-state index in [-0.39, 0.29) is 6.61 Å². The van der Waals surface area contributed by atoms with Gasteiger partial charge in [-0.15, -0.1) is 0 Å². The van der Waals surface area contributed by atoms with Crippen molar-refractivity contribution >= 4 is 15.9 Å². The number of para-hydroxylation sites is 1. The van der Waals surface area contributed by atoms with Gasteiger partial charge in [0.15, 0.2) is 0 Å². The van der Waals surface area contributed by atoms with Crippen molar-refractivity contribution in [1.82, 2.24) is 4.90 Å². The van der Waals surface area contributed by atoms with Crippen molar-refractivity contribution < 1.29 is 9.84 Å². The van der Waals surface area contributed by atoms with Crippen LogP contribution in [0.4, 0.5) is 0 Å². The predicted octanol–water partition coefficient (Wildman–Crippen LogP) is 1.88. The van der Waals surface area contributed by atoms with Crippen molar-refractivity contribution in [2.45, 2.75) is 6.61 Å². The van der Waals surface area contributed by atoms with Crippen molar-refractivity contribution in [2.75, 3.05) is 27.2 Å². The molecule has 0 atom stereocenters. The summed E-state index contributed by atoms with van der Waals surface area (Å²) in [7, 11) is 3.99. The number of likely N-dealkylation sites (N-methyl/N-ethyl adjacent to an activating group) is 1. The van der Waals surface area contributed by atoms with Crippen LogP contribution in [0, 0.1) is 0 Å². The van der Waals surface area contributed by atoms with E-state index in [4.69, 9.17) is 9.84 Å². The fourth-order valence-corrected chi connectivity index (χ4v) is 1.69. The lowest BCUT2D eigenvalue weighted by Gasteiger charge is -2.14. The summed E-state index contributed by atoms with van der Waals surface area (Å²) in [5, 5.41) is 9.14. The standard InChI is InChI=1S/C11H16BrNO2/c1-13(2)6-7-15-11-9(8-14)4-3-5-10(11)12/h3-5,14H,6-8H2,1-2H3. The maximum absolute atomic E-state index is 9.14. The van der Waals surface area contributed by atoms with Crippen molar-refractivity contribution in [3.05, 3.63) is 28.2 Å². The molecule has 0 aliphatic heterocycles. The molecule has 15 heavy (non-hydrogen) atoms. The molecule has 0 fully saturated rings. The van der Waals surface area contributed by atoms with Gasteiger partial charge in [0.25, 0.3) is 0 Å². The molecule has 3 nitrogen and oxygen atoms in total. The highest BCUT2D eigenvalue weighted by molar-refractivity contribution is 9.10. The molecule has 0 unspecified atom stereocenters. The molecule has 0 aromatic heterocycles. The molecule has 0 saturated heterocycles. The summed E-state index contributed by atoms with van der Waals surface area (Å²) < 4.78 is 6.50. The average molecular weight is 274 g/mol. The van der Waals surface area contributed by atoms with Crippen molar-refractivity contribution in [1.29, 1.82) is 0 Å². The maximum atomic E-state index is 9.14. The number of rotatable bonds is 5. The van der Waals surface area contributed by atoms with Crippen LogP contribution >= 0.6 is 15.9 Å². The summed E-state index contributed by atoms with van der Waals surface area (Å²) in [4.78, 5) is 2.05. The van der Waals surface area contributed by atoms with Gasteiger partial charge < -0.3 is 14.7 Å². The SMILES string of the molecule is CN(C)CCOc1c(Br)cccc1CO. The summed E-state index contributed by atoms with van der Waals surface area (Å²) in [6.45, 7) is 1.46. The van der Waals surface area contributed by atoms with E-state index in [2.05, 4.69) is 20.8 Å². The van der Waals surface area contributed by atoms with Crippen LogP contribution < -0.4 is 4.74 Å².